The molecule has 4 aliphatic carbocycles. The lowest BCUT2D eigenvalue weighted by Crippen LogP contribution is -2.45. The van der Waals surface area contributed by atoms with Gasteiger partial charge in [-0.1, -0.05) is 6.07 Å². The maximum absolute atomic E-state index is 4.24. The summed E-state index contributed by atoms with van der Waals surface area (Å²) in [4.78, 5) is 4.24. The quantitative estimate of drug-likeness (QED) is 0.777. The maximum atomic E-state index is 4.24. The normalized spacial score (nSPS) is 41.2. The first-order valence-electron chi connectivity index (χ1n) is 7.77. The van der Waals surface area contributed by atoms with E-state index < -0.39 is 0 Å². The molecule has 4 fully saturated rings. The van der Waals surface area contributed by atoms with Crippen molar-refractivity contribution in [2.75, 3.05) is 0 Å². The second kappa shape index (κ2) is 4.36. The van der Waals surface area contributed by atoms with Gasteiger partial charge >= 0.3 is 0 Å². The van der Waals surface area contributed by atoms with Crippen LogP contribution in [0.1, 0.15) is 44.1 Å². The van der Waals surface area contributed by atoms with Crippen molar-refractivity contribution in [3.8, 4) is 0 Å². The van der Waals surface area contributed by atoms with Crippen molar-refractivity contribution in [1.29, 1.82) is 0 Å². The van der Waals surface area contributed by atoms with Gasteiger partial charge in [-0.05, 0) is 86.2 Å². The van der Waals surface area contributed by atoms with Gasteiger partial charge in [-0.25, -0.2) is 0 Å². The fraction of sp³-hybridized carbons (Fsp3) is 0.706. The zero-order chi connectivity index (χ0) is 11.9. The standard InChI is InChI=1S/C17H23N/c1-2-12(11-18-5-1)3-4-17-15-7-13-6-14(9-15)10-16(17)8-13/h1-2,5,11,13-17H,3-4,6-10H2. The molecule has 0 N–H and O–H groups in total. The Morgan fingerprint density at radius 1 is 1.00 bits per heavy atom. The third kappa shape index (κ3) is 1.88. The minimum atomic E-state index is 1.04. The molecule has 0 amide bonds. The van der Waals surface area contributed by atoms with Crippen LogP contribution in [0.4, 0.5) is 0 Å². The van der Waals surface area contributed by atoms with E-state index in [4.69, 9.17) is 0 Å². The number of aryl methyl sites for hydroxylation is 1. The van der Waals surface area contributed by atoms with E-state index in [1.165, 1.54) is 18.4 Å². The van der Waals surface area contributed by atoms with Gasteiger partial charge in [0.15, 0.2) is 0 Å². The molecule has 0 radical (unpaired) electrons. The molecule has 18 heavy (non-hydrogen) atoms. The fourth-order valence-electron chi connectivity index (χ4n) is 5.39. The lowest BCUT2D eigenvalue weighted by atomic mass is 9.51. The summed E-state index contributed by atoms with van der Waals surface area (Å²) in [5.74, 6) is 5.43. The Labute approximate surface area is 110 Å². The maximum Gasteiger partial charge on any atom is 0.0299 e. The summed E-state index contributed by atoms with van der Waals surface area (Å²) in [7, 11) is 0. The van der Waals surface area contributed by atoms with Crippen LogP contribution < -0.4 is 0 Å². The number of rotatable bonds is 3. The third-order valence-electron chi connectivity index (χ3n) is 5.91. The molecule has 1 nitrogen and oxygen atoms in total. The van der Waals surface area contributed by atoms with Crippen LogP contribution in [0.25, 0.3) is 0 Å². The van der Waals surface area contributed by atoms with Crippen molar-refractivity contribution < 1.29 is 0 Å². The van der Waals surface area contributed by atoms with E-state index in [1.807, 2.05) is 6.20 Å². The summed E-state index contributed by atoms with van der Waals surface area (Å²) >= 11 is 0. The van der Waals surface area contributed by atoms with Gasteiger partial charge in [0.25, 0.3) is 0 Å². The average molecular weight is 241 g/mol. The molecule has 1 heteroatoms. The predicted octanol–water partition coefficient (Wildman–Crippen LogP) is 4.09. The van der Waals surface area contributed by atoms with E-state index in [0.717, 1.165) is 29.6 Å². The highest BCUT2D eigenvalue weighted by atomic mass is 14.6. The Hall–Kier alpha value is -0.850. The topological polar surface area (TPSA) is 12.9 Å². The predicted molar refractivity (Wildman–Crippen MR) is 73.1 cm³/mol. The summed E-state index contributed by atoms with van der Waals surface area (Å²) in [6.07, 6.45) is 14.4. The van der Waals surface area contributed by atoms with Gasteiger partial charge in [0.2, 0.25) is 0 Å². The van der Waals surface area contributed by atoms with E-state index in [9.17, 15) is 0 Å². The van der Waals surface area contributed by atoms with Crippen LogP contribution in [-0.4, -0.2) is 4.98 Å². The van der Waals surface area contributed by atoms with E-state index in [-0.39, 0.29) is 0 Å². The van der Waals surface area contributed by atoms with Crippen LogP contribution in [0.15, 0.2) is 24.5 Å². The highest BCUT2D eigenvalue weighted by molar-refractivity contribution is 5.09. The van der Waals surface area contributed by atoms with Gasteiger partial charge in [-0.15, -0.1) is 0 Å². The number of hydrogen-bond donors (Lipinski definition) is 0. The van der Waals surface area contributed by atoms with Gasteiger partial charge in [0, 0.05) is 12.4 Å². The highest BCUT2D eigenvalue weighted by Gasteiger charge is 2.47. The Balaban J connectivity index is 1.43. The van der Waals surface area contributed by atoms with Crippen molar-refractivity contribution in [1.82, 2.24) is 4.98 Å². The van der Waals surface area contributed by atoms with Crippen LogP contribution >= 0.6 is 0 Å². The molecule has 4 saturated carbocycles. The molecule has 4 bridgehead atoms. The molecule has 4 aliphatic rings. The van der Waals surface area contributed by atoms with Gasteiger partial charge < -0.3 is 0 Å². The smallest absolute Gasteiger partial charge is 0.0299 e. The monoisotopic (exact) mass is 241 g/mol. The molecular formula is C17H23N. The van der Waals surface area contributed by atoms with E-state index >= 15 is 0 Å². The Morgan fingerprint density at radius 2 is 1.72 bits per heavy atom. The minimum Gasteiger partial charge on any atom is -0.264 e. The van der Waals surface area contributed by atoms with Gasteiger partial charge in [-0.2, -0.15) is 0 Å². The van der Waals surface area contributed by atoms with Gasteiger partial charge in [0.1, 0.15) is 0 Å². The third-order valence-corrected chi connectivity index (χ3v) is 5.91. The van der Waals surface area contributed by atoms with Crippen molar-refractivity contribution in [3.05, 3.63) is 30.1 Å². The molecule has 1 aromatic rings. The van der Waals surface area contributed by atoms with Gasteiger partial charge in [-0.3, -0.25) is 4.98 Å². The van der Waals surface area contributed by atoms with E-state index in [2.05, 4.69) is 23.3 Å². The second-order valence-corrected chi connectivity index (χ2v) is 6.99. The summed E-state index contributed by atoms with van der Waals surface area (Å²) in [5.41, 5.74) is 1.44. The second-order valence-electron chi connectivity index (χ2n) is 6.99. The first kappa shape index (κ1) is 11.0. The highest BCUT2D eigenvalue weighted by Crippen LogP contribution is 2.57. The Morgan fingerprint density at radius 3 is 2.33 bits per heavy atom. The van der Waals surface area contributed by atoms with Gasteiger partial charge in [0.05, 0.1) is 0 Å². The van der Waals surface area contributed by atoms with Crippen LogP contribution in [0, 0.1) is 29.6 Å². The SMILES string of the molecule is c1cncc(CCC2C3CC4CC(C3)CC2C4)c1. The van der Waals surface area contributed by atoms with Crippen LogP contribution in [0.3, 0.4) is 0 Å². The molecule has 5 rings (SSSR count). The van der Waals surface area contributed by atoms with Crippen molar-refractivity contribution in [2.24, 2.45) is 29.6 Å². The molecule has 0 aromatic carbocycles. The van der Waals surface area contributed by atoms with E-state index in [0.29, 0.717) is 0 Å². The molecule has 1 heterocycles. The van der Waals surface area contributed by atoms with Crippen LogP contribution in [0.2, 0.25) is 0 Å². The lowest BCUT2D eigenvalue weighted by Gasteiger charge is -2.54. The fourth-order valence-corrected chi connectivity index (χ4v) is 5.39. The zero-order valence-corrected chi connectivity index (χ0v) is 11.1. The molecule has 96 valence electrons. The molecular weight excluding hydrogens is 218 g/mol. The molecule has 0 unspecified atom stereocenters. The first-order valence-corrected chi connectivity index (χ1v) is 7.77. The summed E-state index contributed by atoms with van der Waals surface area (Å²) in [5, 5.41) is 0. The molecule has 0 aliphatic heterocycles. The molecule has 0 saturated heterocycles. The van der Waals surface area contributed by atoms with Crippen molar-refractivity contribution in [3.63, 3.8) is 0 Å². The summed E-state index contributed by atoms with van der Waals surface area (Å²) < 4.78 is 0. The lowest BCUT2D eigenvalue weighted by molar-refractivity contribution is -0.0394. The van der Waals surface area contributed by atoms with Crippen molar-refractivity contribution in [2.45, 2.75) is 44.9 Å². The Bertz CT molecular complexity index is 383. The molecule has 0 atom stereocenters. The first-order chi connectivity index (χ1) is 8.88. The minimum absolute atomic E-state index is 1.04. The van der Waals surface area contributed by atoms with Crippen molar-refractivity contribution >= 4 is 0 Å². The average Bonchev–Trinajstić information content (AvgIpc) is 2.38. The largest absolute Gasteiger partial charge is 0.264 e. The van der Waals surface area contributed by atoms with Crippen LogP contribution in [-0.2, 0) is 6.42 Å². The Kier molecular flexibility index (Phi) is 2.67. The molecule has 1 aromatic heterocycles. The number of hydrogen-bond acceptors (Lipinski definition) is 1. The number of aromatic nitrogens is 1. The summed E-state index contributed by atoms with van der Waals surface area (Å²) in [6.45, 7) is 0. The molecule has 0 spiro atoms. The number of nitrogens with zero attached hydrogens (tertiary/aromatic N) is 1. The van der Waals surface area contributed by atoms with Crippen LogP contribution in [0.5, 0.6) is 0 Å². The zero-order valence-electron chi connectivity index (χ0n) is 11.1. The summed E-state index contributed by atoms with van der Waals surface area (Å²) in [6, 6.07) is 4.31. The van der Waals surface area contributed by atoms with E-state index in [1.54, 1.807) is 32.1 Å². The number of pyridine rings is 1.